The lowest BCUT2D eigenvalue weighted by molar-refractivity contribution is -0.384. The molecular formula is C26H22N6O3S2. The first-order chi connectivity index (χ1) is 17.8. The molecule has 9 nitrogen and oxygen atoms in total. The van der Waals surface area contributed by atoms with Crippen molar-refractivity contribution in [2.24, 2.45) is 17.1 Å². The lowest BCUT2D eigenvalue weighted by atomic mass is 10.1. The quantitative estimate of drug-likeness (QED) is 0.167. The van der Waals surface area contributed by atoms with Gasteiger partial charge in [-0.25, -0.2) is 14.4 Å². The Labute approximate surface area is 219 Å². The van der Waals surface area contributed by atoms with Crippen molar-refractivity contribution in [1.82, 2.24) is 14.0 Å². The predicted molar refractivity (Wildman–Crippen MR) is 147 cm³/mol. The third-order valence-electron chi connectivity index (χ3n) is 5.98. The molecule has 5 aromatic rings. The van der Waals surface area contributed by atoms with Crippen LogP contribution in [0.25, 0.3) is 16.9 Å². The number of nitrogens with zero attached hydrogens (tertiary/aromatic N) is 6. The lowest BCUT2D eigenvalue weighted by Gasteiger charge is -2.07. The van der Waals surface area contributed by atoms with Crippen LogP contribution in [0.3, 0.4) is 0 Å². The molecule has 186 valence electrons. The first kappa shape index (κ1) is 24.3. The van der Waals surface area contributed by atoms with Gasteiger partial charge in [-0.3, -0.25) is 19.6 Å². The van der Waals surface area contributed by atoms with E-state index in [-0.39, 0.29) is 11.2 Å². The van der Waals surface area contributed by atoms with Crippen molar-refractivity contribution in [1.29, 1.82) is 0 Å². The smallest absolute Gasteiger partial charge is 0.283 e. The zero-order valence-corrected chi connectivity index (χ0v) is 21.9. The van der Waals surface area contributed by atoms with Crippen molar-refractivity contribution in [3.05, 3.63) is 113 Å². The van der Waals surface area contributed by atoms with Crippen LogP contribution in [-0.2, 0) is 7.05 Å². The summed E-state index contributed by atoms with van der Waals surface area (Å²) in [4.78, 5) is 30.4. The Morgan fingerprint density at radius 2 is 1.73 bits per heavy atom. The average molecular weight is 531 g/mol. The summed E-state index contributed by atoms with van der Waals surface area (Å²) in [5, 5.41) is 19.7. The normalized spacial score (nSPS) is 12.0. The first-order valence-electron chi connectivity index (χ1n) is 11.3. The highest BCUT2D eigenvalue weighted by atomic mass is 32.1. The van der Waals surface area contributed by atoms with Gasteiger partial charge in [0.1, 0.15) is 0 Å². The molecule has 0 saturated heterocycles. The molecular weight excluding hydrogens is 508 g/mol. The number of nitro groups is 1. The summed E-state index contributed by atoms with van der Waals surface area (Å²) in [5.74, 6) is 0. The van der Waals surface area contributed by atoms with Crippen LogP contribution >= 0.6 is 22.7 Å². The molecule has 0 atom stereocenters. The van der Waals surface area contributed by atoms with Gasteiger partial charge in [0.15, 0.2) is 5.69 Å². The molecule has 0 fully saturated rings. The SMILES string of the molecule is Cc1ccsc1C=Nn1c(-c2ccc([N+](=O)[O-])cc2)csc1=Nc1c(C)n(C)n(-c2ccccc2)c1=O. The largest absolute Gasteiger partial charge is 0.297 e. The van der Waals surface area contributed by atoms with Gasteiger partial charge in [-0.05, 0) is 55.1 Å². The van der Waals surface area contributed by atoms with Gasteiger partial charge in [-0.15, -0.1) is 22.7 Å². The number of thiophene rings is 1. The van der Waals surface area contributed by atoms with Crippen molar-refractivity contribution in [2.75, 3.05) is 0 Å². The van der Waals surface area contributed by atoms with Gasteiger partial charge in [0, 0.05) is 30.1 Å². The second-order valence-electron chi connectivity index (χ2n) is 8.25. The highest BCUT2D eigenvalue weighted by Gasteiger charge is 2.17. The molecule has 5 rings (SSSR count). The molecule has 37 heavy (non-hydrogen) atoms. The maximum Gasteiger partial charge on any atom is 0.297 e. The molecule has 11 heteroatoms. The Morgan fingerprint density at radius 3 is 2.38 bits per heavy atom. The molecule has 0 unspecified atom stereocenters. The van der Waals surface area contributed by atoms with Gasteiger partial charge >= 0.3 is 0 Å². The fraction of sp³-hybridized carbons (Fsp3) is 0.115. The zero-order valence-electron chi connectivity index (χ0n) is 20.2. The number of aromatic nitrogens is 3. The van der Waals surface area contributed by atoms with Crippen LogP contribution in [-0.4, -0.2) is 25.2 Å². The van der Waals surface area contributed by atoms with Crippen molar-refractivity contribution < 1.29 is 4.92 Å². The number of non-ortho nitro benzene ring substituents is 1. The standard InChI is InChI=1S/C26H22N6O3S2/c1-17-13-14-36-23(17)15-27-30-22(19-9-11-21(12-10-19)32(34)35)16-37-26(30)28-24-18(2)29(3)31(25(24)33)20-7-5-4-6-8-20/h4-16H,1-3H3. The van der Waals surface area contributed by atoms with Crippen LogP contribution < -0.4 is 10.4 Å². The molecule has 0 saturated carbocycles. The van der Waals surface area contributed by atoms with E-state index >= 15 is 0 Å². The number of benzene rings is 2. The molecule has 0 aliphatic heterocycles. The Hall–Kier alpha value is -4.35. The average Bonchev–Trinajstić information content (AvgIpc) is 3.56. The number of hydrogen-bond donors (Lipinski definition) is 0. The summed E-state index contributed by atoms with van der Waals surface area (Å²) in [7, 11) is 1.82. The summed E-state index contributed by atoms with van der Waals surface area (Å²) in [6, 6.07) is 17.7. The van der Waals surface area contributed by atoms with E-state index in [1.165, 1.54) is 23.5 Å². The number of nitro benzene ring substituents is 1. The second-order valence-corrected chi connectivity index (χ2v) is 10.0. The minimum absolute atomic E-state index is 0.00882. The summed E-state index contributed by atoms with van der Waals surface area (Å²) >= 11 is 2.92. The third-order valence-corrected chi connectivity index (χ3v) is 7.75. The number of rotatable bonds is 6. The fourth-order valence-electron chi connectivity index (χ4n) is 3.85. The summed E-state index contributed by atoms with van der Waals surface area (Å²) < 4.78 is 5.04. The fourth-order valence-corrected chi connectivity index (χ4v) is 5.47. The van der Waals surface area contributed by atoms with E-state index in [2.05, 4.69) is 0 Å². The molecule has 0 radical (unpaired) electrons. The van der Waals surface area contributed by atoms with Crippen molar-refractivity contribution in [3.63, 3.8) is 0 Å². The van der Waals surface area contributed by atoms with E-state index < -0.39 is 4.92 Å². The van der Waals surface area contributed by atoms with Crippen LogP contribution in [0.2, 0.25) is 0 Å². The molecule has 0 bridgehead atoms. The topological polar surface area (TPSA) is 99.7 Å². The molecule has 0 amide bonds. The second kappa shape index (κ2) is 9.96. The van der Waals surface area contributed by atoms with E-state index in [1.54, 1.807) is 43.7 Å². The van der Waals surface area contributed by atoms with Crippen LogP contribution in [0.1, 0.15) is 16.1 Å². The molecule has 0 spiro atoms. The molecule has 3 heterocycles. The molecule has 2 aromatic carbocycles. The third kappa shape index (κ3) is 4.61. The van der Waals surface area contributed by atoms with E-state index in [1.807, 2.05) is 68.1 Å². The number of hydrogen-bond acceptors (Lipinski definition) is 7. The highest BCUT2D eigenvalue weighted by molar-refractivity contribution is 7.11. The molecule has 0 N–H and O–H groups in total. The van der Waals surface area contributed by atoms with Gasteiger partial charge in [-0.1, -0.05) is 18.2 Å². The molecule has 0 aliphatic rings. The zero-order chi connectivity index (χ0) is 26.1. The maximum absolute atomic E-state index is 13.4. The van der Waals surface area contributed by atoms with Crippen LogP contribution in [0, 0.1) is 24.0 Å². The predicted octanol–water partition coefficient (Wildman–Crippen LogP) is 5.41. The van der Waals surface area contributed by atoms with Crippen molar-refractivity contribution >= 4 is 40.3 Å². The van der Waals surface area contributed by atoms with E-state index in [9.17, 15) is 14.9 Å². The highest BCUT2D eigenvalue weighted by Crippen LogP contribution is 2.24. The first-order valence-corrected chi connectivity index (χ1v) is 13.0. The van der Waals surface area contributed by atoms with Crippen LogP contribution in [0.4, 0.5) is 11.4 Å². The van der Waals surface area contributed by atoms with Gasteiger partial charge < -0.3 is 0 Å². The van der Waals surface area contributed by atoms with Crippen molar-refractivity contribution in [2.45, 2.75) is 13.8 Å². The van der Waals surface area contributed by atoms with Gasteiger partial charge in [-0.2, -0.15) is 5.10 Å². The van der Waals surface area contributed by atoms with Gasteiger partial charge in [0.05, 0.1) is 33.1 Å². The number of aryl methyl sites for hydroxylation is 1. The number of thiazole rings is 1. The lowest BCUT2D eigenvalue weighted by Crippen LogP contribution is -2.19. The van der Waals surface area contributed by atoms with E-state index in [0.29, 0.717) is 21.9 Å². The van der Waals surface area contributed by atoms with Gasteiger partial charge in [0.2, 0.25) is 4.80 Å². The van der Waals surface area contributed by atoms with Gasteiger partial charge in [0.25, 0.3) is 11.2 Å². The summed E-state index contributed by atoms with van der Waals surface area (Å²) in [6.07, 6.45) is 1.76. The Bertz CT molecular complexity index is 1750. The van der Waals surface area contributed by atoms with Crippen molar-refractivity contribution in [3.8, 4) is 16.9 Å². The summed E-state index contributed by atoms with van der Waals surface area (Å²) in [5.41, 5.74) is 4.11. The molecule has 3 aromatic heterocycles. The maximum atomic E-state index is 13.4. The minimum Gasteiger partial charge on any atom is -0.283 e. The van der Waals surface area contributed by atoms with Crippen LogP contribution in [0.5, 0.6) is 0 Å². The minimum atomic E-state index is -0.431. The Balaban J connectivity index is 1.69. The monoisotopic (exact) mass is 530 g/mol. The van der Waals surface area contributed by atoms with E-state index in [4.69, 9.17) is 10.1 Å². The number of para-hydroxylation sites is 1. The molecule has 0 aliphatic carbocycles. The van der Waals surface area contributed by atoms with E-state index in [0.717, 1.165) is 21.7 Å². The summed E-state index contributed by atoms with van der Waals surface area (Å²) in [6.45, 7) is 3.87. The van der Waals surface area contributed by atoms with Crippen LogP contribution in [0.15, 0.2) is 86.3 Å². The Morgan fingerprint density at radius 1 is 1.00 bits per heavy atom. The Kier molecular flexibility index (Phi) is 6.55.